The maximum atomic E-state index is 11.5. The predicted octanol–water partition coefficient (Wildman–Crippen LogP) is 1.60. The Morgan fingerprint density at radius 2 is 2.16 bits per heavy atom. The van der Waals surface area contributed by atoms with E-state index in [1.54, 1.807) is 24.0 Å². The van der Waals surface area contributed by atoms with E-state index in [9.17, 15) is 4.79 Å². The standard InChI is InChI=1S/C13H15ClN4O/c1-15-8-9-10(14)4-3-5-12(9)18-7-6-11(17-18)13(19)16-2/h3-7,15H,8H2,1-2H3,(H,16,19). The molecule has 0 fully saturated rings. The largest absolute Gasteiger partial charge is 0.354 e. The maximum Gasteiger partial charge on any atom is 0.271 e. The minimum Gasteiger partial charge on any atom is -0.354 e. The first kappa shape index (κ1) is 13.6. The lowest BCUT2D eigenvalue weighted by molar-refractivity contribution is 0.0957. The molecule has 0 saturated carbocycles. The molecule has 100 valence electrons. The summed E-state index contributed by atoms with van der Waals surface area (Å²) in [6.07, 6.45) is 1.75. The second-order valence-electron chi connectivity index (χ2n) is 3.99. The average Bonchev–Trinajstić information content (AvgIpc) is 2.90. The van der Waals surface area contributed by atoms with Crippen molar-refractivity contribution in [1.82, 2.24) is 20.4 Å². The van der Waals surface area contributed by atoms with Crippen molar-refractivity contribution in [3.8, 4) is 5.69 Å². The Bertz CT molecular complexity index is 594. The van der Waals surface area contributed by atoms with Gasteiger partial charge in [0.25, 0.3) is 5.91 Å². The number of halogens is 1. The Morgan fingerprint density at radius 3 is 2.84 bits per heavy atom. The van der Waals surface area contributed by atoms with Crippen molar-refractivity contribution in [3.05, 3.63) is 46.7 Å². The molecule has 0 aliphatic carbocycles. The van der Waals surface area contributed by atoms with Gasteiger partial charge in [-0.25, -0.2) is 4.68 Å². The highest BCUT2D eigenvalue weighted by molar-refractivity contribution is 6.31. The SMILES string of the molecule is CNCc1c(Cl)cccc1-n1ccc(C(=O)NC)n1. The molecule has 1 aromatic heterocycles. The van der Waals surface area contributed by atoms with Crippen LogP contribution in [0.5, 0.6) is 0 Å². The van der Waals surface area contributed by atoms with Crippen molar-refractivity contribution in [2.24, 2.45) is 0 Å². The number of carbonyl (C=O) groups excluding carboxylic acids is 1. The van der Waals surface area contributed by atoms with Gasteiger partial charge in [0.1, 0.15) is 0 Å². The lowest BCUT2D eigenvalue weighted by Crippen LogP contribution is -2.18. The van der Waals surface area contributed by atoms with Gasteiger partial charge in [-0.05, 0) is 25.2 Å². The number of aromatic nitrogens is 2. The van der Waals surface area contributed by atoms with E-state index >= 15 is 0 Å². The van der Waals surface area contributed by atoms with Crippen molar-refractivity contribution >= 4 is 17.5 Å². The monoisotopic (exact) mass is 278 g/mol. The molecule has 1 heterocycles. The van der Waals surface area contributed by atoms with Crippen molar-refractivity contribution in [2.45, 2.75) is 6.54 Å². The van der Waals surface area contributed by atoms with Gasteiger partial charge in [-0.3, -0.25) is 4.79 Å². The summed E-state index contributed by atoms with van der Waals surface area (Å²) in [6, 6.07) is 7.28. The molecular formula is C13H15ClN4O. The smallest absolute Gasteiger partial charge is 0.271 e. The van der Waals surface area contributed by atoms with Gasteiger partial charge in [0, 0.05) is 30.4 Å². The van der Waals surface area contributed by atoms with E-state index in [0.717, 1.165) is 11.3 Å². The second kappa shape index (κ2) is 5.86. The maximum absolute atomic E-state index is 11.5. The van der Waals surface area contributed by atoms with Crippen LogP contribution in [-0.2, 0) is 6.54 Å². The second-order valence-corrected chi connectivity index (χ2v) is 4.40. The van der Waals surface area contributed by atoms with E-state index in [2.05, 4.69) is 15.7 Å². The zero-order chi connectivity index (χ0) is 13.8. The van der Waals surface area contributed by atoms with Crippen molar-refractivity contribution in [2.75, 3.05) is 14.1 Å². The van der Waals surface area contributed by atoms with Gasteiger partial charge in [0.05, 0.1) is 5.69 Å². The summed E-state index contributed by atoms with van der Waals surface area (Å²) in [4.78, 5) is 11.5. The zero-order valence-corrected chi connectivity index (χ0v) is 11.5. The number of amides is 1. The zero-order valence-electron chi connectivity index (χ0n) is 10.8. The number of rotatable bonds is 4. The number of nitrogens with one attached hydrogen (secondary N) is 2. The third kappa shape index (κ3) is 2.77. The lowest BCUT2D eigenvalue weighted by Gasteiger charge is -2.10. The van der Waals surface area contributed by atoms with Crippen LogP contribution in [0.2, 0.25) is 5.02 Å². The van der Waals surface area contributed by atoms with Gasteiger partial charge in [-0.2, -0.15) is 5.10 Å². The van der Waals surface area contributed by atoms with E-state index in [4.69, 9.17) is 11.6 Å². The number of nitrogens with zero attached hydrogens (tertiary/aromatic N) is 2. The molecule has 0 radical (unpaired) electrons. The Labute approximate surface area is 116 Å². The number of hydrogen-bond donors (Lipinski definition) is 2. The molecule has 0 aliphatic heterocycles. The number of hydrogen-bond acceptors (Lipinski definition) is 3. The topological polar surface area (TPSA) is 59.0 Å². The predicted molar refractivity (Wildman–Crippen MR) is 74.7 cm³/mol. The fraction of sp³-hybridized carbons (Fsp3) is 0.231. The Hall–Kier alpha value is -1.85. The van der Waals surface area contributed by atoms with E-state index in [1.165, 1.54) is 0 Å². The molecular weight excluding hydrogens is 264 g/mol. The van der Waals surface area contributed by atoms with E-state index in [-0.39, 0.29) is 5.91 Å². The molecule has 1 aromatic carbocycles. The summed E-state index contributed by atoms with van der Waals surface area (Å²) in [7, 11) is 3.43. The van der Waals surface area contributed by atoms with Crippen LogP contribution in [0, 0.1) is 0 Å². The van der Waals surface area contributed by atoms with Gasteiger partial charge in [0.2, 0.25) is 0 Å². The summed E-state index contributed by atoms with van der Waals surface area (Å²) in [5.41, 5.74) is 2.17. The van der Waals surface area contributed by atoms with E-state index in [1.807, 2.05) is 25.2 Å². The molecule has 6 heteroatoms. The lowest BCUT2D eigenvalue weighted by atomic mass is 10.2. The molecule has 0 saturated heterocycles. The minimum absolute atomic E-state index is 0.212. The normalized spacial score (nSPS) is 10.5. The fourth-order valence-corrected chi connectivity index (χ4v) is 2.06. The highest BCUT2D eigenvalue weighted by Gasteiger charge is 2.12. The van der Waals surface area contributed by atoms with Gasteiger partial charge in [-0.15, -0.1) is 0 Å². The fourth-order valence-electron chi connectivity index (χ4n) is 1.82. The molecule has 0 bridgehead atoms. The average molecular weight is 279 g/mol. The highest BCUT2D eigenvalue weighted by atomic mass is 35.5. The third-order valence-electron chi connectivity index (χ3n) is 2.74. The molecule has 0 spiro atoms. The van der Waals surface area contributed by atoms with Crippen LogP contribution in [0.25, 0.3) is 5.69 Å². The molecule has 0 aliphatic rings. The van der Waals surface area contributed by atoms with Crippen LogP contribution in [0.3, 0.4) is 0 Å². The quantitative estimate of drug-likeness (QED) is 0.893. The van der Waals surface area contributed by atoms with Crippen LogP contribution < -0.4 is 10.6 Å². The summed E-state index contributed by atoms with van der Waals surface area (Å²) >= 11 is 6.19. The summed E-state index contributed by atoms with van der Waals surface area (Å²) < 4.78 is 1.66. The Kier molecular flexibility index (Phi) is 4.19. The first-order chi connectivity index (χ1) is 9.17. The van der Waals surface area contributed by atoms with Gasteiger partial charge in [-0.1, -0.05) is 17.7 Å². The molecule has 0 atom stereocenters. The van der Waals surface area contributed by atoms with Crippen molar-refractivity contribution < 1.29 is 4.79 Å². The van der Waals surface area contributed by atoms with Crippen molar-refractivity contribution in [3.63, 3.8) is 0 Å². The van der Waals surface area contributed by atoms with Gasteiger partial charge in [0.15, 0.2) is 5.69 Å². The van der Waals surface area contributed by atoms with E-state index in [0.29, 0.717) is 17.3 Å². The van der Waals surface area contributed by atoms with Crippen LogP contribution in [0.15, 0.2) is 30.5 Å². The van der Waals surface area contributed by atoms with Crippen LogP contribution in [0.4, 0.5) is 0 Å². The Balaban J connectivity index is 2.44. The molecule has 1 amide bonds. The van der Waals surface area contributed by atoms with Crippen molar-refractivity contribution in [1.29, 1.82) is 0 Å². The highest BCUT2D eigenvalue weighted by Crippen LogP contribution is 2.22. The van der Waals surface area contributed by atoms with E-state index < -0.39 is 0 Å². The Morgan fingerprint density at radius 1 is 1.37 bits per heavy atom. The van der Waals surface area contributed by atoms with Gasteiger partial charge < -0.3 is 10.6 Å². The summed E-state index contributed by atoms with van der Waals surface area (Å²) in [6.45, 7) is 0.629. The molecule has 0 unspecified atom stereocenters. The van der Waals surface area contributed by atoms with Crippen LogP contribution >= 0.6 is 11.6 Å². The van der Waals surface area contributed by atoms with Crippen LogP contribution in [-0.4, -0.2) is 29.8 Å². The van der Waals surface area contributed by atoms with Gasteiger partial charge >= 0.3 is 0 Å². The third-order valence-corrected chi connectivity index (χ3v) is 3.10. The first-order valence-corrected chi connectivity index (χ1v) is 6.25. The molecule has 5 nitrogen and oxygen atoms in total. The summed E-state index contributed by atoms with van der Waals surface area (Å²) in [5, 5.41) is 10.5. The number of benzene rings is 1. The number of carbonyl (C=O) groups is 1. The molecule has 19 heavy (non-hydrogen) atoms. The first-order valence-electron chi connectivity index (χ1n) is 5.87. The molecule has 2 aromatic rings. The molecule has 2 N–H and O–H groups in total. The molecule has 2 rings (SSSR count). The summed E-state index contributed by atoms with van der Waals surface area (Å²) in [5.74, 6) is -0.212. The minimum atomic E-state index is -0.212. The van der Waals surface area contributed by atoms with Crippen LogP contribution in [0.1, 0.15) is 16.1 Å².